The maximum atomic E-state index is 14.0. The predicted octanol–water partition coefficient (Wildman–Crippen LogP) is 3.62. The molecule has 0 heterocycles. The molecule has 0 spiro atoms. The minimum absolute atomic E-state index is 0.184. The number of hydrazine groups is 1. The molecule has 3 rings (SSSR count). The number of fused-ring (bicyclic) bond motifs is 1. The number of hydrogen-bond acceptors (Lipinski definition) is 3. The van der Waals surface area contributed by atoms with Crippen LogP contribution < -0.4 is 10.3 Å². The molecule has 146 valence electrons. The number of amides is 1. The molecule has 5 nitrogen and oxygen atoms in total. The molecule has 0 aromatic heterocycles. The number of benzene rings is 3. The topological polar surface area (TPSA) is 75.3 Å². The zero-order valence-corrected chi connectivity index (χ0v) is 14.7. The molecular weight excluding hydrogens is 400 g/mol. The van der Waals surface area contributed by atoms with Crippen LogP contribution in [0.3, 0.4) is 0 Å². The van der Waals surface area contributed by atoms with Crippen LogP contribution in [0.25, 0.3) is 10.8 Å². The number of alkyl halides is 3. The monoisotopic (exact) mass is 412 g/mol. The molecule has 0 radical (unpaired) electrons. The lowest BCUT2D eigenvalue weighted by molar-refractivity contribution is -0.140. The number of nitrogens with one attached hydrogen (secondary N) is 2. The van der Waals surface area contributed by atoms with Crippen LogP contribution in [-0.4, -0.2) is 14.3 Å². The third-order valence-corrected chi connectivity index (χ3v) is 5.12. The highest BCUT2D eigenvalue weighted by molar-refractivity contribution is 7.89. The van der Waals surface area contributed by atoms with E-state index >= 15 is 0 Å². The first kappa shape index (κ1) is 19.8. The zero-order valence-electron chi connectivity index (χ0n) is 13.9. The highest BCUT2D eigenvalue weighted by atomic mass is 32.2. The Balaban J connectivity index is 1.82. The van der Waals surface area contributed by atoms with Crippen molar-refractivity contribution in [2.45, 2.75) is 11.1 Å². The van der Waals surface area contributed by atoms with Gasteiger partial charge >= 0.3 is 6.18 Å². The van der Waals surface area contributed by atoms with Crippen molar-refractivity contribution in [3.05, 3.63) is 77.6 Å². The number of carbonyl (C=O) groups excluding carboxylic acids is 1. The van der Waals surface area contributed by atoms with E-state index in [-0.39, 0.29) is 4.90 Å². The Morgan fingerprint density at radius 1 is 0.893 bits per heavy atom. The van der Waals surface area contributed by atoms with Gasteiger partial charge in [-0.05, 0) is 35.0 Å². The number of hydrogen-bond donors (Lipinski definition) is 2. The standard InChI is InChI=1S/C18H12F4N2O3S/c19-16-14(6-3-7-15(16)18(20,21)22)17(25)23-24-28(26,27)13-9-8-11-4-1-2-5-12(11)10-13/h1-10,24H,(H,23,25). The lowest BCUT2D eigenvalue weighted by Crippen LogP contribution is -2.42. The van der Waals surface area contributed by atoms with Crippen LogP contribution in [0.2, 0.25) is 0 Å². The van der Waals surface area contributed by atoms with Crippen molar-refractivity contribution < 1.29 is 30.8 Å². The fourth-order valence-electron chi connectivity index (χ4n) is 2.50. The fourth-order valence-corrected chi connectivity index (χ4v) is 3.37. The molecular formula is C18H12F4N2O3S. The molecule has 28 heavy (non-hydrogen) atoms. The van der Waals surface area contributed by atoms with Gasteiger partial charge in [0.2, 0.25) is 0 Å². The lowest BCUT2D eigenvalue weighted by Gasteiger charge is -2.12. The van der Waals surface area contributed by atoms with Gasteiger partial charge in [-0.15, -0.1) is 4.83 Å². The Morgan fingerprint density at radius 2 is 1.57 bits per heavy atom. The van der Waals surface area contributed by atoms with Gasteiger partial charge in [0.15, 0.2) is 0 Å². The molecule has 10 heteroatoms. The van der Waals surface area contributed by atoms with E-state index in [0.29, 0.717) is 11.5 Å². The molecule has 0 saturated carbocycles. The average molecular weight is 412 g/mol. The van der Waals surface area contributed by atoms with E-state index < -0.39 is 39.1 Å². The molecule has 3 aromatic rings. The molecule has 0 fully saturated rings. The second-order valence-corrected chi connectivity index (χ2v) is 7.42. The Hall–Kier alpha value is -2.98. The van der Waals surface area contributed by atoms with Crippen molar-refractivity contribution in [3.8, 4) is 0 Å². The van der Waals surface area contributed by atoms with Gasteiger partial charge in [0.25, 0.3) is 15.9 Å². The van der Waals surface area contributed by atoms with E-state index in [1.165, 1.54) is 12.1 Å². The first-order valence-corrected chi connectivity index (χ1v) is 9.24. The van der Waals surface area contributed by atoms with E-state index in [1.54, 1.807) is 40.6 Å². The molecule has 0 aliphatic rings. The van der Waals surface area contributed by atoms with Gasteiger partial charge in [0, 0.05) is 0 Å². The van der Waals surface area contributed by atoms with Gasteiger partial charge in [0.05, 0.1) is 16.0 Å². The Labute approximate surface area is 157 Å². The summed E-state index contributed by atoms with van der Waals surface area (Å²) in [5.74, 6) is -3.16. The summed E-state index contributed by atoms with van der Waals surface area (Å²) in [7, 11) is -4.23. The normalized spacial score (nSPS) is 12.1. The van der Waals surface area contributed by atoms with Crippen molar-refractivity contribution in [2.75, 3.05) is 0 Å². The van der Waals surface area contributed by atoms with Gasteiger partial charge in [0.1, 0.15) is 5.82 Å². The molecule has 3 aromatic carbocycles. The van der Waals surface area contributed by atoms with Gasteiger partial charge in [-0.3, -0.25) is 10.2 Å². The summed E-state index contributed by atoms with van der Waals surface area (Å²) >= 11 is 0. The van der Waals surface area contributed by atoms with Crippen LogP contribution in [0, 0.1) is 5.82 Å². The number of halogens is 4. The van der Waals surface area contributed by atoms with Gasteiger partial charge < -0.3 is 0 Å². The largest absolute Gasteiger partial charge is 0.419 e. The van der Waals surface area contributed by atoms with E-state index in [9.17, 15) is 30.8 Å². The van der Waals surface area contributed by atoms with E-state index in [1.807, 2.05) is 0 Å². The summed E-state index contributed by atoms with van der Waals surface area (Å²) in [6, 6.07) is 13.3. The summed E-state index contributed by atoms with van der Waals surface area (Å²) in [5, 5.41) is 1.41. The van der Waals surface area contributed by atoms with Crippen molar-refractivity contribution in [3.63, 3.8) is 0 Å². The van der Waals surface area contributed by atoms with E-state index in [0.717, 1.165) is 17.5 Å². The third kappa shape index (κ3) is 3.97. The Morgan fingerprint density at radius 3 is 2.25 bits per heavy atom. The van der Waals surface area contributed by atoms with E-state index in [2.05, 4.69) is 0 Å². The van der Waals surface area contributed by atoms with Crippen LogP contribution in [0.1, 0.15) is 15.9 Å². The number of carbonyl (C=O) groups is 1. The molecule has 0 bridgehead atoms. The van der Waals surface area contributed by atoms with Gasteiger partial charge in [-0.2, -0.15) is 13.2 Å². The maximum absolute atomic E-state index is 14.0. The summed E-state index contributed by atoms with van der Waals surface area (Å²) in [5.41, 5.74) is -0.854. The van der Waals surface area contributed by atoms with Crippen molar-refractivity contribution in [1.29, 1.82) is 0 Å². The smallest absolute Gasteiger partial charge is 0.273 e. The molecule has 0 aliphatic heterocycles. The lowest BCUT2D eigenvalue weighted by atomic mass is 10.1. The molecule has 2 N–H and O–H groups in total. The highest BCUT2D eigenvalue weighted by Gasteiger charge is 2.35. The first-order chi connectivity index (χ1) is 13.1. The number of sulfonamides is 1. The van der Waals surface area contributed by atoms with E-state index in [4.69, 9.17) is 0 Å². The van der Waals surface area contributed by atoms with Crippen molar-refractivity contribution in [2.24, 2.45) is 0 Å². The second kappa shape index (κ2) is 7.21. The average Bonchev–Trinajstić information content (AvgIpc) is 2.65. The summed E-state index contributed by atoms with van der Waals surface area (Å²) < 4.78 is 76.8. The van der Waals surface area contributed by atoms with Crippen LogP contribution >= 0.6 is 0 Å². The second-order valence-electron chi connectivity index (χ2n) is 5.73. The predicted molar refractivity (Wildman–Crippen MR) is 93.1 cm³/mol. The minimum atomic E-state index is -5.00. The van der Waals surface area contributed by atoms with Crippen LogP contribution in [0.5, 0.6) is 0 Å². The Bertz CT molecular complexity index is 1160. The van der Waals surface area contributed by atoms with Gasteiger partial charge in [-0.25, -0.2) is 12.8 Å². The van der Waals surface area contributed by atoms with Crippen molar-refractivity contribution in [1.82, 2.24) is 10.3 Å². The summed E-state index contributed by atoms with van der Waals surface area (Å²) in [4.78, 5) is 13.6. The fraction of sp³-hybridized carbons (Fsp3) is 0.0556. The molecule has 0 atom stereocenters. The molecule has 0 saturated heterocycles. The van der Waals surface area contributed by atoms with Crippen LogP contribution in [-0.2, 0) is 16.2 Å². The molecule has 1 amide bonds. The molecule has 0 aliphatic carbocycles. The maximum Gasteiger partial charge on any atom is 0.419 e. The minimum Gasteiger partial charge on any atom is -0.273 e. The van der Waals surface area contributed by atoms with Crippen LogP contribution in [0.15, 0.2) is 65.6 Å². The Kier molecular flexibility index (Phi) is 5.09. The molecule has 0 unspecified atom stereocenters. The zero-order chi connectivity index (χ0) is 20.5. The first-order valence-electron chi connectivity index (χ1n) is 7.76. The van der Waals surface area contributed by atoms with Gasteiger partial charge in [-0.1, -0.05) is 36.4 Å². The summed E-state index contributed by atoms with van der Waals surface area (Å²) in [6.45, 7) is 0. The van der Waals surface area contributed by atoms with Crippen LogP contribution in [0.4, 0.5) is 17.6 Å². The SMILES string of the molecule is O=C(NNS(=O)(=O)c1ccc2ccccc2c1)c1cccc(C(F)(F)F)c1F. The summed E-state index contributed by atoms with van der Waals surface area (Å²) in [6.07, 6.45) is -5.00. The number of rotatable bonds is 4. The highest BCUT2D eigenvalue weighted by Crippen LogP contribution is 2.32. The quantitative estimate of drug-likeness (QED) is 0.508. The van der Waals surface area contributed by atoms with Crippen molar-refractivity contribution >= 4 is 26.7 Å². The third-order valence-electron chi connectivity index (χ3n) is 3.88.